The van der Waals surface area contributed by atoms with Gasteiger partial charge in [-0.1, -0.05) is 11.2 Å². The van der Waals surface area contributed by atoms with Crippen LogP contribution >= 0.6 is 0 Å². The highest BCUT2D eigenvalue weighted by Crippen LogP contribution is 2.37. The number of hydrogen-bond acceptors (Lipinski definition) is 10. The molecule has 10 heteroatoms. The molecule has 0 unspecified atom stereocenters. The number of pyridine rings is 1. The van der Waals surface area contributed by atoms with E-state index in [0.29, 0.717) is 29.3 Å². The molecule has 0 bridgehead atoms. The van der Waals surface area contributed by atoms with Crippen molar-refractivity contribution < 1.29 is 9.26 Å². The van der Waals surface area contributed by atoms with Gasteiger partial charge in [-0.25, -0.2) is 9.97 Å². The van der Waals surface area contributed by atoms with Crippen molar-refractivity contribution in [3.63, 3.8) is 0 Å². The number of hydrogen-bond donors (Lipinski definition) is 1. The quantitative estimate of drug-likeness (QED) is 0.485. The second-order valence-electron chi connectivity index (χ2n) is 7.49. The molecular formula is C22H22N8O2. The van der Waals surface area contributed by atoms with Crippen LogP contribution in [0.5, 0.6) is 5.88 Å². The van der Waals surface area contributed by atoms with Crippen LogP contribution in [0.3, 0.4) is 0 Å². The average Bonchev–Trinajstić information content (AvgIpc) is 3.51. The van der Waals surface area contributed by atoms with Crippen molar-refractivity contribution in [1.82, 2.24) is 30.1 Å². The standard InChI is InChI=1S/C22H22N8O2/c1-14-12-24-21(25-13-14)26-19-11-20(31-2)28-22(27-19)30-9-5-7-17(30)18-10-16(29-32-18)15-6-3-4-8-23-15/h3-4,6,8,10-13,17H,5,7,9H2,1-2H3,(H,24,25,26,27,28)/t17-/m0/s1. The van der Waals surface area contributed by atoms with E-state index in [2.05, 4.69) is 35.3 Å². The number of aryl methyl sites for hydroxylation is 1. The molecule has 0 aromatic carbocycles. The summed E-state index contributed by atoms with van der Waals surface area (Å²) in [4.78, 5) is 24.3. The highest BCUT2D eigenvalue weighted by molar-refractivity contribution is 5.55. The highest BCUT2D eigenvalue weighted by atomic mass is 16.5. The molecule has 10 nitrogen and oxygen atoms in total. The molecule has 1 aliphatic rings. The van der Waals surface area contributed by atoms with Crippen LogP contribution in [0.15, 0.2) is 53.4 Å². The summed E-state index contributed by atoms with van der Waals surface area (Å²) in [5.74, 6) is 2.74. The van der Waals surface area contributed by atoms with Crippen LogP contribution in [0, 0.1) is 6.92 Å². The molecule has 162 valence electrons. The Bertz CT molecular complexity index is 1200. The summed E-state index contributed by atoms with van der Waals surface area (Å²) in [6.07, 6.45) is 7.11. The molecule has 1 saturated heterocycles. The predicted octanol–water partition coefficient (Wildman–Crippen LogP) is 3.72. The summed E-state index contributed by atoms with van der Waals surface area (Å²) in [5, 5.41) is 7.34. The number of ether oxygens (including phenoxy) is 1. The monoisotopic (exact) mass is 430 g/mol. The fourth-order valence-corrected chi connectivity index (χ4v) is 3.66. The third-order valence-electron chi connectivity index (χ3n) is 5.21. The molecule has 0 radical (unpaired) electrons. The molecule has 0 amide bonds. The zero-order valence-corrected chi connectivity index (χ0v) is 17.8. The Balaban J connectivity index is 1.43. The lowest BCUT2D eigenvalue weighted by atomic mass is 10.1. The molecule has 0 saturated carbocycles. The van der Waals surface area contributed by atoms with E-state index in [1.807, 2.05) is 31.2 Å². The molecule has 5 heterocycles. The highest BCUT2D eigenvalue weighted by Gasteiger charge is 2.32. The van der Waals surface area contributed by atoms with E-state index >= 15 is 0 Å². The minimum atomic E-state index is -0.0319. The molecule has 32 heavy (non-hydrogen) atoms. The fourth-order valence-electron chi connectivity index (χ4n) is 3.66. The summed E-state index contributed by atoms with van der Waals surface area (Å²) < 4.78 is 11.1. The van der Waals surface area contributed by atoms with E-state index in [9.17, 15) is 0 Å². The summed E-state index contributed by atoms with van der Waals surface area (Å²) >= 11 is 0. The van der Waals surface area contributed by atoms with Gasteiger partial charge in [0.15, 0.2) is 5.76 Å². The summed E-state index contributed by atoms with van der Waals surface area (Å²) in [5.41, 5.74) is 2.46. The van der Waals surface area contributed by atoms with Gasteiger partial charge in [0, 0.05) is 37.3 Å². The maximum absolute atomic E-state index is 5.69. The van der Waals surface area contributed by atoms with Gasteiger partial charge in [0.05, 0.1) is 18.8 Å². The zero-order chi connectivity index (χ0) is 21.9. The van der Waals surface area contributed by atoms with Crippen molar-refractivity contribution in [2.45, 2.75) is 25.8 Å². The van der Waals surface area contributed by atoms with Gasteiger partial charge in [-0.3, -0.25) is 4.98 Å². The Labute approximate surface area is 184 Å². The first kappa shape index (κ1) is 19.9. The molecule has 1 fully saturated rings. The Morgan fingerprint density at radius 3 is 2.75 bits per heavy atom. The SMILES string of the molecule is COc1cc(Nc2ncc(C)cn2)nc(N2CCC[C@H]2c2cc(-c3ccccn3)no2)n1. The number of nitrogens with one attached hydrogen (secondary N) is 1. The zero-order valence-electron chi connectivity index (χ0n) is 17.8. The first-order valence-electron chi connectivity index (χ1n) is 10.3. The number of rotatable bonds is 6. The number of nitrogens with zero attached hydrogens (tertiary/aromatic N) is 7. The second kappa shape index (κ2) is 8.58. The van der Waals surface area contributed by atoms with Crippen molar-refractivity contribution in [2.75, 3.05) is 23.9 Å². The molecule has 4 aromatic heterocycles. The lowest BCUT2D eigenvalue weighted by molar-refractivity contribution is 0.361. The number of anilines is 3. The Hall–Kier alpha value is -4.08. The van der Waals surface area contributed by atoms with Crippen LogP contribution in [0.25, 0.3) is 11.4 Å². The van der Waals surface area contributed by atoms with Crippen LogP contribution < -0.4 is 15.0 Å². The Kier molecular flexibility index (Phi) is 5.32. The third-order valence-corrected chi connectivity index (χ3v) is 5.21. The Morgan fingerprint density at radius 2 is 1.97 bits per heavy atom. The molecule has 5 rings (SSSR count). The van der Waals surface area contributed by atoms with E-state index < -0.39 is 0 Å². The fraction of sp³-hybridized carbons (Fsp3) is 0.273. The topological polar surface area (TPSA) is 115 Å². The molecule has 1 N–H and O–H groups in total. The van der Waals surface area contributed by atoms with E-state index in [0.717, 1.165) is 36.4 Å². The smallest absolute Gasteiger partial charge is 0.231 e. The average molecular weight is 430 g/mol. The minimum Gasteiger partial charge on any atom is -0.481 e. The maximum atomic E-state index is 5.69. The van der Waals surface area contributed by atoms with Gasteiger partial charge in [-0.05, 0) is 37.5 Å². The maximum Gasteiger partial charge on any atom is 0.231 e. The minimum absolute atomic E-state index is 0.0319. The summed E-state index contributed by atoms with van der Waals surface area (Å²) in [6, 6.07) is 9.32. The molecule has 1 atom stereocenters. The van der Waals surface area contributed by atoms with Crippen molar-refractivity contribution in [3.05, 3.63) is 60.2 Å². The van der Waals surface area contributed by atoms with Crippen molar-refractivity contribution in [2.24, 2.45) is 0 Å². The second-order valence-corrected chi connectivity index (χ2v) is 7.49. The third kappa shape index (κ3) is 4.07. The van der Waals surface area contributed by atoms with Crippen molar-refractivity contribution in [3.8, 4) is 17.3 Å². The van der Waals surface area contributed by atoms with Gasteiger partial charge in [0.1, 0.15) is 11.5 Å². The van der Waals surface area contributed by atoms with Gasteiger partial charge in [0.2, 0.25) is 17.8 Å². The van der Waals surface area contributed by atoms with Crippen molar-refractivity contribution >= 4 is 17.7 Å². The number of methoxy groups -OCH3 is 1. The van der Waals surface area contributed by atoms with Crippen LogP contribution in [-0.2, 0) is 0 Å². The van der Waals surface area contributed by atoms with Crippen LogP contribution in [0.2, 0.25) is 0 Å². The lowest BCUT2D eigenvalue weighted by Crippen LogP contribution is -2.24. The molecule has 4 aromatic rings. The van der Waals surface area contributed by atoms with Crippen molar-refractivity contribution in [1.29, 1.82) is 0 Å². The van der Waals surface area contributed by atoms with Gasteiger partial charge in [0.25, 0.3) is 0 Å². The van der Waals surface area contributed by atoms with E-state index in [1.54, 1.807) is 31.8 Å². The Morgan fingerprint density at radius 1 is 1.09 bits per heavy atom. The van der Waals surface area contributed by atoms with Crippen LogP contribution in [0.4, 0.5) is 17.7 Å². The van der Waals surface area contributed by atoms with E-state index in [4.69, 9.17) is 14.2 Å². The lowest BCUT2D eigenvalue weighted by Gasteiger charge is -2.23. The largest absolute Gasteiger partial charge is 0.481 e. The first-order valence-corrected chi connectivity index (χ1v) is 10.3. The van der Waals surface area contributed by atoms with E-state index in [1.165, 1.54) is 0 Å². The number of aromatic nitrogens is 6. The normalized spacial score (nSPS) is 15.7. The first-order chi connectivity index (χ1) is 15.7. The molecular weight excluding hydrogens is 408 g/mol. The van der Waals surface area contributed by atoms with Gasteiger partial charge < -0.3 is 19.5 Å². The molecule has 1 aliphatic heterocycles. The van der Waals surface area contributed by atoms with E-state index in [-0.39, 0.29) is 6.04 Å². The van der Waals surface area contributed by atoms with Crippen LogP contribution in [0.1, 0.15) is 30.2 Å². The summed E-state index contributed by atoms with van der Waals surface area (Å²) in [6.45, 7) is 2.73. The van der Waals surface area contributed by atoms with Gasteiger partial charge in [-0.15, -0.1) is 0 Å². The summed E-state index contributed by atoms with van der Waals surface area (Å²) in [7, 11) is 1.58. The molecule has 0 spiro atoms. The van der Waals surface area contributed by atoms with Gasteiger partial charge >= 0.3 is 0 Å². The van der Waals surface area contributed by atoms with Gasteiger partial charge in [-0.2, -0.15) is 9.97 Å². The van der Waals surface area contributed by atoms with Crippen LogP contribution in [-0.4, -0.2) is 43.7 Å². The molecule has 0 aliphatic carbocycles. The predicted molar refractivity (Wildman–Crippen MR) is 118 cm³/mol.